The van der Waals surface area contributed by atoms with Crippen molar-refractivity contribution >= 4 is 21.4 Å². The summed E-state index contributed by atoms with van der Waals surface area (Å²) in [5, 5.41) is 6.52. The van der Waals surface area contributed by atoms with Crippen LogP contribution in [0.15, 0.2) is 11.2 Å². The third-order valence-corrected chi connectivity index (χ3v) is 4.54. The molecule has 0 fully saturated rings. The fourth-order valence-corrected chi connectivity index (χ4v) is 2.50. The first kappa shape index (κ1) is 10.5. The van der Waals surface area contributed by atoms with Gasteiger partial charge in [0, 0.05) is 12.9 Å². The number of sulfone groups is 1. The smallest absolute Gasteiger partial charge is 0.200 e. The monoisotopic (exact) mass is 223 g/mol. The van der Waals surface area contributed by atoms with Crippen LogP contribution in [-0.2, 0) is 16.9 Å². The van der Waals surface area contributed by atoms with Gasteiger partial charge in [0.15, 0.2) is 5.03 Å². The highest BCUT2D eigenvalue weighted by Gasteiger charge is 2.25. The third kappa shape index (κ3) is 1.83. The molecule has 1 aromatic heterocycles. The van der Waals surface area contributed by atoms with Crippen molar-refractivity contribution in [2.24, 2.45) is 7.05 Å². The summed E-state index contributed by atoms with van der Waals surface area (Å²) in [7, 11) is -1.84. The highest BCUT2D eigenvalue weighted by atomic mass is 35.5. The molecule has 5 nitrogen and oxygen atoms in total. The Kier molecular flexibility index (Phi) is 2.92. The van der Waals surface area contributed by atoms with Gasteiger partial charge >= 0.3 is 0 Å². The quantitative estimate of drug-likeness (QED) is 0.688. The van der Waals surface area contributed by atoms with Crippen molar-refractivity contribution in [2.75, 3.05) is 5.88 Å². The molecule has 1 atom stereocenters. The SMILES string of the molecule is CC(CCl)S(=O)(=O)c1cnnn1C. The van der Waals surface area contributed by atoms with E-state index >= 15 is 0 Å². The molecule has 1 heterocycles. The number of halogens is 1. The van der Waals surface area contributed by atoms with Gasteiger partial charge in [-0.2, -0.15) is 0 Å². The van der Waals surface area contributed by atoms with Crippen LogP contribution in [0, 0.1) is 0 Å². The van der Waals surface area contributed by atoms with E-state index in [9.17, 15) is 8.42 Å². The summed E-state index contributed by atoms with van der Waals surface area (Å²) >= 11 is 5.48. The Morgan fingerprint density at radius 2 is 2.31 bits per heavy atom. The minimum atomic E-state index is -3.37. The second kappa shape index (κ2) is 3.63. The van der Waals surface area contributed by atoms with E-state index in [1.165, 1.54) is 17.9 Å². The van der Waals surface area contributed by atoms with Crippen molar-refractivity contribution in [2.45, 2.75) is 17.2 Å². The topological polar surface area (TPSA) is 64.8 Å². The number of aryl methyl sites for hydroxylation is 1. The van der Waals surface area contributed by atoms with Crippen molar-refractivity contribution < 1.29 is 8.42 Å². The molecule has 0 aliphatic carbocycles. The first-order chi connectivity index (χ1) is 6.00. The molecule has 0 N–H and O–H groups in total. The highest BCUT2D eigenvalue weighted by molar-refractivity contribution is 7.92. The van der Waals surface area contributed by atoms with Gasteiger partial charge in [0.1, 0.15) is 0 Å². The normalized spacial score (nSPS) is 14.4. The molecule has 0 bridgehead atoms. The minimum absolute atomic E-state index is 0.0630. The third-order valence-electron chi connectivity index (χ3n) is 1.71. The average molecular weight is 224 g/mol. The number of aromatic nitrogens is 3. The maximum Gasteiger partial charge on any atom is 0.200 e. The fraction of sp³-hybridized carbons (Fsp3) is 0.667. The summed E-state index contributed by atoms with van der Waals surface area (Å²) in [6.45, 7) is 1.55. The van der Waals surface area contributed by atoms with Gasteiger partial charge in [-0.15, -0.1) is 16.7 Å². The van der Waals surface area contributed by atoms with Crippen LogP contribution in [0.3, 0.4) is 0 Å². The molecular formula is C6H10ClN3O2S. The lowest BCUT2D eigenvalue weighted by Crippen LogP contribution is -2.21. The maximum absolute atomic E-state index is 11.7. The maximum atomic E-state index is 11.7. The summed E-state index contributed by atoms with van der Waals surface area (Å²) in [5.74, 6) is 0.0630. The first-order valence-corrected chi connectivity index (χ1v) is 5.72. The van der Waals surface area contributed by atoms with Gasteiger partial charge in [0.25, 0.3) is 0 Å². The zero-order valence-corrected chi connectivity index (χ0v) is 8.88. The summed E-state index contributed by atoms with van der Waals surface area (Å²) in [4.78, 5) is 0. The molecule has 0 radical (unpaired) electrons. The summed E-state index contributed by atoms with van der Waals surface area (Å²) in [6, 6.07) is 0. The van der Waals surface area contributed by atoms with E-state index in [0.717, 1.165) is 0 Å². The van der Waals surface area contributed by atoms with Gasteiger partial charge < -0.3 is 0 Å². The van der Waals surface area contributed by atoms with Crippen molar-refractivity contribution in [1.29, 1.82) is 0 Å². The Labute approximate surface area is 81.6 Å². The van der Waals surface area contributed by atoms with Gasteiger partial charge in [0.2, 0.25) is 9.84 Å². The van der Waals surface area contributed by atoms with E-state index in [1.54, 1.807) is 6.92 Å². The molecule has 1 aromatic rings. The van der Waals surface area contributed by atoms with Gasteiger partial charge in [-0.25, -0.2) is 13.1 Å². The molecule has 0 amide bonds. The Bertz CT molecular complexity index is 386. The number of hydrogen-bond donors (Lipinski definition) is 0. The minimum Gasteiger partial charge on any atom is -0.237 e. The van der Waals surface area contributed by atoms with Gasteiger partial charge in [0.05, 0.1) is 11.4 Å². The van der Waals surface area contributed by atoms with Gasteiger partial charge in [-0.1, -0.05) is 5.21 Å². The van der Waals surface area contributed by atoms with Crippen LogP contribution in [0.1, 0.15) is 6.92 Å². The first-order valence-electron chi connectivity index (χ1n) is 3.64. The predicted molar refractivity (Wildman–Crippen MR) is 48.4 cm³/mol. The number of alkyl halides is 1. The van der Waals surface area contributed by atoms with E-state index in [0.29, 0.717) is 0 Å². The predicted octanol–water partition coefficient (Wildman–Crippen LogP) is 0.216. The molecule has 0 aromatic carbocycles. The van der Waals surface area contributed by atoms with Crippen LogP contribution >= 0.6 is 11.6 Å². The number of hydrogen-bond acceptors (Lipinski definition) is 4. The standard InChI is InChI=1S/C6H10ClN3O2S/c1-5(3-7)13(11,12)6-4-8-9-10(6)2/h4-5H,3H2,1-2H3. The van der Waals surface area contributed by atoms with E-state index in [4.69, 9.17) is 11.6 Å². The lowest BCUT2D eigenvalue weighted by atomic mass is 10.6. The van der Waals surface area contributed by atoms with Crippen LogP contribution in [0.4, 0.5) is 0 Å². The lowest BCUT2D eigenvalue weighted by molar-refractivity contribution is 0.567. The number of rotatable bonds is 3. The van der Waals surface area contributed by atoms with Crippen LogP contribution in [0.2, 0.25) is 0 Å². The van der Waals surface area contributed by atoms with E-state index < -0.39 is 15.1 Å². The van der Waals surface area contributed by atoms with Crippen LogP contribution < -0.4 is 0 Å². The highest BCUT2D eigenvalue weighted by Crippen LogP contribution is 2.14. The molecule has 0 spiro atoms. The van der Waals surface area contributed by atoms with Crippen molar-refractivity contribution in [3.05, 3.63) is 6.20 Å². The van der Waals surface area contributed by atoms with Crippen molar-refractivity contribution in [1.82, 2.24) is 15.0 Å². The van der Waals surface area contributed by atoms with Crippen LogP contribution in [0.25, 0.3) is 0 Å². The molecule has 74 valence electrons. The second-order valence-electron chi connectivity index (χ2n) is 2.71. The van der Waals surface area contributed by atoms with E-state index in [-0.39, 0.29) is 10.9 Å². The molecule has 1 rings (SSSR count). The fourth-order valence-electron chi connectivity index (χ4n) is 0.827. The zero-order chi connectivity index (χ0) is 10.1. The Morgan fingerprint density at radius 1 is 1.69 bits per heavy atom. The molecule has 0 saturated carbocycles. The molecule has 7 heteroatoms. The van der Waals surface area contributed by atoms with Crippen LogP contribution in [0.5, 0.6) is 0 Å². The summed E-state index contributed by atoms with van der Waals surface area (Å²) in [5.41, 5.74) is 0. The molecule has 0 aliphatic heterocycles. The Balaban J connectivity index is 3.16. The second-order valence-corrected chi connectivity index (χ2v) is 5.33. The lowest BCUT2D eigenvalue weighted by Gasteiger charge is -2.07. The molecule has 0 saturated heterocycles. The van der Waals surface area contributed by atoms with Gasteiger partial charge in [-0.3, -0.25) is 0 Å². The van der Waals surface area contributed by atoms with E-state index in [1.807, 2.05) is 0 Å². The largest absolute Gasteiger partial charge is 0.237 e. The summed E-state index contributed by atoms with van der Waals surface area (Å²) in [6.07, 6.45) is 1.22. The Morgan fingerprint density at radius 3 is 2.69 bits per heavy atom. The average Bonchev–Trinajstić information content (AvgIpc) is 2.50. The summed E-state index contributed by atoms with van der Waals surface area (Å²) < 4.78 is 24.5. The molecule has 1 unspecified atom stereocenters. The van der Waals surface area contributed by atoms with E-state index in [2.05, 4.69) is 10.3 Å². The molecule has 13 heavy (non-hydrogen) atoms. The van der Waals surface area contributed by atoms with Crippen molar-refractivity contribution in [3.63, 3.8) is 0 Å². The van der Waals surface area contributed by atoms with Crippen molar-refractivity contribution in [3.8, 4) is 0 Å². The number of nitrogens with zero attached hydrogens (tertiary/aromatic N) is 3. The Hall–Kier alpha value is -0.620. The molecule has 0 aliphatic rings. The molecular weight excluding hydrogens is 214 g/mol. The zero-order valence-electron chi connectivity index (χ0n) is 7.31. The van der Waals surface area contributed by atoms with Crippen LogP contribution in [-0.4, -0.2) is 34.5 Å². The van der Waals surface area contributed by atoms with Gasteiger partial charge in [-0.05, 0) is 6.92 Å².